The van der Waals surface area contributed by atoms with Crippen LogP contribution < -0.4 is 4.84 Å². The maximum absolute atomic E-state index is 6.22. The fraction of sp³-hybridized carbons (Fsp3) is 0.0800. The summed E-state index contributed by atoms with van der Waals surface area (Å²) >= 11 is 6.12. The van der Waals surface area contributed by atoms with Gasteiger partial charge in [-0.25, -0.2) is 4.98 Å². The molecule has 3 aromatic carbocycles. The van der Waals surface area contributed by atoms with Crippen LogP contribution in [0.4, 0.5) is 0 Å². The number of benzene rings is 3. The molecule has 0 aliphatic carbocycles. The number of likely N-dealkylation sites (N-methyl/N-ethyl adjacent to an activating group) is 1. The van der Waals surface area contributed by atoms with Crippen LogP contribution in [0.25, 0.3) is 28.2 Å². The lowest BCUT2D eigenvalue weighted by Gasteiger charge is -2.15. The Bertz CT molecular complexity index is 1200. The first-order valence-corrected chi connectivity index (χ1v) is 9.91. The molecule has 0 amide bonds. The molecule has 4 aromatic rings. The first-order chi connectivity index (χ1) is 14.2. The van der Waals surface area contributed by atoms with Gasteiger partial charge in [0.05, 0.1) is 17.3 Å². The van der Waals surface area contributed by atoms with Crippen LogP contribution in [0.1, 0.15) is 17.2 Å². The fourth-order valence-electron chi connectivity index (χ4n) is 3.76. The molecule has 0 fully saturated rings. The van der Waals surface area contributed by atoms with Gasteiger partial charge in [0.25, 0.3) is 0 Å². The highest BCUT2D eigenvalue weighted by atomic mass is 35.5. The molecule has 0 bridgehead atoms. The van der Waals surface area contributed by atoms with Crippen molar-refractivity contribution in [1.29, 1.82) is 0 Å². The minimum atomic E-state index is -0.0482. The third-order valence-electron chi connectivity index (χ3n) is 5.19. The molecule has 1 aliphatic heterocycles. The van der Waals surface area contributed by atoms with E-state index in [1.807, 2.05) is 72.8 Å². The number of pyridine rings is 1. The fourth-order valence-corrected chi connectivity index (χ4v) is 3.89. The van der Waals surface area contributed by atoms with Gasteiger partial charge in [-0.15, -0.1) is 5.06 Å². The molecular weight excluding hydrogens is 380 g/mol. The highest BCUT2D eigenvalue weighted by Gasteiger charge is 2.33. The molecule has 0 radical (unpaired) electrons. The molecule has 1 aromatic heterocycles. The molecule has 1 unspecified atom stereocenters. The van der Waals surface area contributed by atoms with Crippen LogP contribution in [0.3, 0.4) is 0 Å². The summed E-state index contributed by atoms with van der Waals surface area (Å²) in [7, 11) is 1.96. The number of hydroxylamine groups is 2. The highest BCUT2D eigenvalue weighted by Crippen LogP contribution is 2.46. The Morgan fingerprint density at radius 1 is 0.931 bits per heavy atom. The maximum atomic E-state index is 6.22. The highest BCUT2D eigenvalue weighted by molar-refractivity contribution is 6.30. The number of nitrogens with zero attached hydrogens (tertiary/aromatic N) is 2. The largest absolute Gasteiger partial charge is 0.404 e. The van der Waals surface area contributed by atoms with Gasteiger partial charge >= 0.3 is 0 Å². The summed E-state index contributed by atoms with van der Waals surface area (Å²) in [6.07, 6.45) is 4.29. The third-order valence-corrected chi connectivity index (χ3v) is 5.44. The number of hydrogen-bond donors (Lipinski definition) is 0. The molecule has 0 N–H and O–H groups in total. The minimum Gasteiger partial charge on any atom is -0.404 e. The zero-order valence-electron chi connectivity index (χ0n) is 15.9. The molecule has 1 aliphatic rings. The van der Waals surface area contributed by atoms with E-state index in [2.05, 4.69) is 30.4 Å². The number of aromatic nitrogens is 1. The van der Waals surface area contributed by atoms with E-state index in [1.165, 1.54) is 0 Å². The van der Waals surface area contributed by atoms with Crippen LogP contribution in [0, 0.1) is 0 Å². The van der Waals surface area contributed by atoms with E-state index in [-0.39, 0.29) is 6.04 Å². The summed E-state index contributed by atoms with van der Waals surface area (Å²) in [6.45, 7) is 0. The van der Waals surface area contributed by atoms with Crippen LogP contribution in [0.15, 0.2) is 84.9 Å². The molecule has 5 rings (SSSR count). The van der Waals surface area contributed by atoms with Crippen molar-refractivity contribution in [1.82, 2.24) is 10.0 Å². The van der Waals surface area contributed by atoms with Crippen molar-refractivity contribution < 1.29 is 4.84 Å². The van der Waals surface area contributed by atoms with Gasteiger partial charge in [-0.1, -0.05) is 78.4 Å². The van der Waals surface area contributed by atoms with Crippen LogP contribution in [0.5, 0.6) is 5.75 Å². The first-order valence-electron chi connectivity index (χ1n) is 9.53. The monoisotopic (exact) mass is 398 g/mol. The SMILES string of the molecule is CN1Oc2c(c(-c3ccc(Cl)cc3)nc3ccccc23)C1/C=C/c1ccccc1. The molecule has 2 heterocycles. The van der Waals surface area contributed by atoms with E-state index in [0.29, 0.717) is 5.02 Å². The predicted molar refractivity (Wildman–Crippen MR) is 119 cm³/mol. The van der Waals surface area contributed by atoms with Crippen molar-refractivity contribution in [2.45, 2.75) is 6.04 Å². The van der Waals surface area contributed by atoms with Crippen molar-refractivity contribution in [2.24, 2.45) is 0 Å². The number of hydrogen-bond acceptors (Lipinski definition) is 3. The lowest BCUT2D eigenvalue weighted by atomic mass is 9.96. The van der Waals surface area contributed by atoms with Gasteiger partial charge in [0.15, 0.2) is 5.75 Å². The maximum Gasteiger partial charge on any atom is 0.164 e. The van der Waals surface area contributed by atoms with E-state index >= 15 is 0 Å². The number of fused-ring (bicyclic) bond motifs is 3. The summed E-state index contributed by atoms with van der Waals surface area (Å²) in [6, 6.07) is 26.1. The second kappa shape index (κ2) is 7.36. The number of halogens is 1. The summed E-state index contributed by atoms with van der Waals surface area (Å²) in [4.78, 5) is 11.2. The van der Waals surface area contributed by atoms with Gasteiger partial charge in [0.1, 0.15) is 0 Å². The average Bonchev–Trinajstić information content (AvgIpc) is 3.09. The summed E-state index contributed by atoms with van der Waals surface area (Å²) in [5.41, 5.74) is 5.07. The van der Waals surface area contributed by atoms with Crippen LogP contribution in [-0.2, 0) is 0 Å². The Balaban J connectivity index is 1.70. The topological polar surface area (TPSA) is 25.4 Å². The molecule has 3 nitrogen and oxygen atoms in total. The standard InChI is InChI=1S/C25H19ClN2O/c1-28-22(16-11-17-7-3-2-4-8-17)23-24(18-12-14-19(26)15-13-18)27-21-10-6-5-9-20(21)25(23)29-28/h2-16,22H,1H3/b16-11+. The normalized spacial score (nSPS) is 16.3. The quantitative estimate of drug-likeness (QED) is 0.391. The van der Waals surface area contributed by atoms with Crippen molar-refractivity contribution in [3.63, 3.8) is 0 Å². The molecule has 4 heteroatoms. The van der Waals surface area contributed by atoms with Crippen molar-refractivity contribution in [3.8, 4) is 17.0 Å². The minimum absolute atomic E-state index is 0.0482. The van der Waals surface area contributed by atoms with Gasteiger partial charge < -0.3 is 4.84 Å². The zero-order chi connectivity index (χ0) is 19.8. The zero-order valence-corrected chi connectivity index (χ0v) is 16.7. The van der Waals surface area contributed by atoms with Crippen LogP contribution >= 0.6 is 11.6 Å². The summed E-state index contributed by atoms with van der Waals surface area (Å²) in [5, 5.41) is 3.61. The summed E-state index contributed by atoms with van der Waals surface area (Å²) in [5.74, 6) is 0.866. The average molecular weight is 399 g/mol. The number of rotatable bonds is 3. The van der Waals surface area contributed by atoms with Crippen molar-refractivity contribution in [3.05, 3.63) is 101 Å². The van der Waals surface area contributed by atoms with Gasteiger partial charge in [-0.2, -0.15) is 0 Å². The molecule has 0 saturated carbocycles. The Labute approximate surface area is 174 Å². The van der Waals surface area contributed by atoms with Gasteiger partial charge in [0.2, 0.25) is 0 Å². The Hall–Kier alpha value is -3.14. The van der Waals surface area contributed by atoms with Crippen LogP contribution in [0.2, 0.25) is 5.02 Å². The van der Waals surface area contributed by atoms with Crippen LogP contribution in [-0.4, -0.2) is 17.1 Å². The predicted octanol–water partition coefficient (Wildman–Crippen LogP) is 6.55. The smallest absolute Gasteiger partial charge is 0.164 e. The van der Waals surface area contributed by atoms with Gasteiger partial charge in [-0.3, -0.25) is 0 Å². The second-order valence-electron chi connectivity index (χ2n) is 7.08. The van der Waals surface area contributed by atoms with E-state index in [9.17, 15) is 0 Å². The van der Waals surface area contributed by atoms with Gasteiger partial charge in [-0.05, 0) is 29.8 Å². The number of para-hydroxylation sites is 1. The molecule has 0 spiro atoms. The second-order valence-corrected chi connectivity index (χ2v) is 7.52. The van der Waals surface area contributed by atoms with E-state index in [0.717, 1.165) is 39.0 Å². The third kappa shape index (κ3) is 3.29. The first kappa shape index (κ1) is 17.9. The van der Waals surface area contributed by atoms with Crippen molar-refractivity contribution >= 4 is 28.6 Å². The van der Waals surface area contributed by atoms with E-state index in [4.69, 9.17) is 21.4 Å². The Morgan fingerprint density at radius 2 is 1.66 bits per heavy atom. The molecule has 142 valence electrons. The van der Waals surface area contributed by atoms with E-state index < -0.39 is 0 Å². The molecule has 0 saturated heterocycles. The molecule has 29 heavy (non-hydrogen) atoms. The van der Waals surface area contributed by atoms with Gasteiger partial charge in [0, 0.05) is 28.6 Å². The molecule has 1 atom stereocenters. The molecular formula is C25H19ClN2O. The van der Waals surface area contributed by atoms with Crippen molar-refractivity contribution in [2.75, 3.05) is 7.05 Å². The lowest BCUT2D eigenvalue weighted by molar-refractivity contribution is -0.0278. The van der Waals surface area contributed by atoms with E-state index in [1.54, 1.807) is 0 Å². The Kier molecular flexibility index (Phi) is 4.55. The lowest BCUT2D eigenvalue weighted by Crippen LogP contribution is -2.19. The Morgan fingerprint density at radius 3 is 2.45 bits per heavy atom. The summed E-state index contributed by atoms with van der Waals surface area (Å²) < 4.78 is 0.